The van der Waals surface area contributed by atoms with Gasteiger partial charge in [-0.15, -0.1) is 0 Å². The van der Waals surface area contributed by atoms with Crippen molar-refractivity contribution in [2.45, 2.75) is 85.2 Å². The molecule has 0 aromatic carbocycles. The van der Waals surface area contributed by atoms with Gasteiger partial charge >= 0.3 is 0 Å². The second-order valence-electron chi connectivity index (χ2n) is 10.1. The molecule has 26 heavy (non-hydrogen) atoms. The maximum Gasteiger partial charge on any atom is 0.155 e. The van der Waals surface area contributed by atoms with Crippen LogP contribution in [0.15, 0.2) is 23.3 Å². The molecule has 5 unspecified atom stereocenters. The summed E-state index contributed by atoms with van der Waals surface area (Å²) in [5.74, 6) is 2.95. The summed E-state index contributed by atoms with van der Waals surface area (Å²) >= 11 is 0. The van der Waals surface area contributed by atoms with Crippen molar-refractivity contribution >= 4 is 5.78 Å². The van der Waals surface area contributed by atoms with E-state index < -0.39 is 6.10 Å². The number of hydrogen-bond donors (Lipinski definition) is 1. The Kier molecular flexibility index (Phi) is 4.50. The molecule has 7 atom stereocenters. The molecule has 0 radical (unpaired) electrons. The van der Waals surface area contributed by atoms with Gasteiger partial charge in [0.05, 0.1) is 6.10 Å². The molecule has 0 amide bonds. The number of rotatable bonds is 2. The highest BCUT2D eigenvalue weighted by Gasteiger charge is 2.60. The lowest BCUT2D eigenvalue weighted by Gasteiger charge is -2.59. The van der Waals surface area contributed by atoms with Crippen LogP contribution in [0.25, 0.3) is 0 Å². The van der Waals surface area contributed by atoms with Crippen molar-refractivity contribution in [1.29, 1.82) is 0 Å². The highest BCUT2D eigenvalue weighted by atomic mass is 16.3. The Hall–Kier alpha value is -0.890. The smallest absolute Gasteiger partial charge is 0.155 e. The SMILES string of the molecule is CC/C=C(\C)[C@H]1CCC2C3C[C@@H](O)C4=CC(=O)CCC4(C)C3CCC21C. The molecule has 0 heterocycles. The largest absolute Gasteiger partial charge is 0.389 e. The number of ketones is 1. The van der Waals surface area contributed by atoms with Crippen molar-refractivity contribution in [3.05, 3.63) is 23.3 Å². The molecular formula is C24H36O2. The first kappa shape index (κ1) is 18.5. The Labute approximate surface area is 159 Å². The van der Waals surface area contributed by atoms with E-state index in [2.05, 4.69) is 33.8 Å². The highest BCUT2D eigenvalue weighted by Crippen LogP contribution is 2.67. The van der Waals surface area contributed by atoms with Crippen LogP contribution in [0.4, 0.5) is 0 Å². The van der Waals surface area contributed by atoms with E-state index >= 15 is 0 Å². The van der Waals surface area contributed by atoms with Gasteiger partial charge in [0, 0.05) is 6.42 Å². The fourth-order valence-electron chi connectivity index (χ4n) is 7.82. The van der Waals surface area contributed by atoms with Gasteiger partial charge in [-0.25, -0.2) is 0 Å². The summed E-state index contributed by atoms with van der Waals surface area (Å²) in [7, 11) is 0. The van der Waals surface area contributed by atoms with Crippen molar-refractivity contribution < 1.29 is 9.90 Å². The molecule has 0 spiro atoms. The minimum Gasteiger partial charge on any atom is -0.389 e. The molecule has 0 aliphatic heterocycles. The third-order valence-corrected chi connectivity index (χ3v) is 9.05. The molecule has 3 fully saturated rings. The Bertz CT molecular complexity index is 659. The van der Waals surface area contributed by atoms with Crippen molar-refractivity contribution in [2.24, 2.45) is 34.5 Å². The first-order chi connectivity index (χ1) is 12.3. The van der Waals surface area contributed by atoms with Crippen LogP contribution in [0.2, 0.25) is 0 Å². The second-order valence-corrected chi connectivity index (χ2v) is 10.1. The van der Waals surface area contributed by atoms with E-state index in [0.717, 1.165) is 36.7 Å². The molecule has 0 aromatic rings. The Morgan fingerprint density at radius 1 is 1.23 bits per heavy atom. The van der Waals surface area contributed by atoms with Gasteiger partial charge in [-0.3, -0.25) is 4.79 Å². The van der Waals surface area contributed by atoms with E-state index in [9.17, 15) is 9.90 Å². The van der Waals surface area contributed by atoms with Crippen LogP contribution in [0, 0.1) is 34.5 Å². The number of carbonyl (C=O) groups excluding carboxylic acids is 1. The van der Waals surface area contributed by atoms with Crippen molar-refractivity contribution in [3.8, 4) is 0 Å². The molecule has 2 heteroatoms. The number of aliphatic hydroxyl groups is 1. The topological polar surface area (TPSA) is 37.3 Å². The lowest BCUT2D eigenvalue weighted by atomic mass is 9.46. The third-order valence-electron chi connectivity index (χ3n) is 9.05. The summed E-state index contributed by atoms with van der Waals surface area (Å²) in [4.78, 5) is 12.0. The van der Waals surface area contributed by atoms with Gasteiger partial charge in [-0.1, -0.05) is 32.4 Å². The summed E-state index contributed by atoms with van der Waals surface area (Å²) in [5.41, 5.74) is 3.11. The summed E-state index contributed by atoms with van der Waals surface area (Å²) < 4.78 is 0. The normalized spacial score (nSPS) is 48.5. The van der Waals surface area contributed by atoms with E-state index in [1.54, 1.807) is 5.57 Å². The molecule has 4 aliphatic carbocycles. The third kappa shape index (κ3) is 2.51. The Balaban J connectivity index is 1.67. The van der Waals surface area contributed by atoms with Crippen LogP contribution in [0.5, 0.6) is 0 Å². The standard InChI is InChI=1S/C24H36O2/c1-5-6-15(2)18-7-8-19-17-14-22(26)21-13-16(25)9-11-24(21,4)20(17)10-12-23(18,19)3/h6,13,17-20,22,26H,5,7-12,14H2,1-4H3/b15-6+/t17?,18-,19?,20?,22-,23?,24?/m1/s1. The molecule has 4 rings (SSSR count). The first-order valence-electron chi connectivity index (χ1n) is 10.9. The van der Waals surface area contributed by atoms with Gasteiger partial charge in [0.15, 0.2) is 5.78 Å². The van der Waals surface area contributed by atoms with E-state index in [0.29, 0.717) is 23.7 Å². The van der Waals surface area contributed by atoms with Gasteiger partial charge < -0.3 is 5.11 Å². The monoisotopic (exact) mass is 356 g/mol. The van der Waals surface area contributed by atoms with Crippen LogP contribution in [-0.4, -0.2) is 17.0 Å². The van der Waals surface area contributed by atoms with Gasteiger partial charge in [-0.05, 0) is 98.0 Å². The van der Waals surface area contributed by atoms with Crippen LogP contribution >= 0.6 is 0 Å². The first-order valence-corrected chi connectivity index (χ1v) is 10.9. The fraction of sp³-hybridized carbons (Fsp3) is 0.792. The van der Waals surface area contributed by atoms with E-state index in [1.807, 2.05) is 6.08 Å². The quantitative estimate of drug-likeness (QED) is 0.667. The molecule has 0 saturated heterocycles. The summed E-state index contributed by atoms with van der Waals surface area (Å²) in [5, 5.41) is 11.0. The number of fused-ring (bicyclic) bond motifs is 5. The van der Waals surface area contributed by atoms with Gasteiger partial charge in [0.25, 0.3) is 0 Å². The minimum absolute atomic E-state index is 0.0456. The molecule has 1 N–H and O–H groups in total. The predicted molar refractivity (Wildman–Crippen MR) is 106 cm³/mol. The molecule has 4 aliphatic rings. The average Bonchev–Trinajstić information content (AvgIpc) is 2.94. The van der Waals surface area contributed by atoms with Crippen LogP contribution in [-0.2, 0) is 4.79 Å². The number of hydrogen-bond acceptors (Lipinski definition) is 2. The van der Waals surface area contributed by atoms with Crippen molar-refractivity contribution in [3.63, 3.8) is 0 Å². The summed E-state index contributed by atoms with van der Waals surface area (Å²) in [6, 6.07) is 0. The average molecular weight is 357 g/mol. The van der Waals surface area contributed by atoms with E-state index in [-0.39, 0.29) is 11.2 Å². The zero-order chi connectivity index (χ0) is 18.7. The zero-order valence-electron chi connectivity index (χ0n) is 17.1. The minimum atomic E-state index is -0.404. The lowest BCUT2D eigenvalue weighted by molar-refractivity contribution is -0.119. The summed E-state index contributed by atoms with van der Waals surface area (Å²) in [6.45, 7) is 9.48. The predicted octanol–water partition coefficient (Wildman–Crippen LogP) is 5.46. The maximum atomic E-state index is 12.0. The zero-order valence-corrected chi connectivity index (χ0v) is 17.1. The van der Waals surface area contributed by atoms with Crippen LogP contribution in [0.1, 0.15) is 79.1 Å². The van der Waals surface area contributed by atoms with Gasteiger partial charge in [0.1, 0.15) is 0 Å². The molecular weight excluding hydrogens is 320 g/mol. The van der Waals surface area contributed by atoms with Crippen LogP contribution < -0.4 is 0 Å². The lowest BCUT2D eigenvalue weighted by Crippen LogP contribution is -2.53. The summed E-state index contributed by atoms with van der Waals surface area (Å²) in [6.07, 6.45) is 12.7. The molecule has 2 nitrogen and oxygen atoms in total. The Morgan fingerprint density at radius 2 is 2.00 bits per heavy atom. The van der Waals surface area contributed by atoms with E-state index in [4.69, 9.17) is 0 Å². The van der Waals surface area contributed by atoms with Gasteiger partial charge in [-0.2, -0.15) is 0 Å². The molecule has 144 valence electrons. The fourth-order valence-corrected chi connectivity index (χ4v) is 7.82. The molecule has 0 aromatic heterocycles. The van der Waals surface area contributed by atoms with Gasteiger partial charge in [0.2, 0.25) is 0 Å². The number of aliphatic hydroxyl groups excluding tert-OH is 1. The van der Waals surface area contributed by atoms with Crippen molar-refractivity contribution in [1.82, 2.24) is 0 Å². The maximum absolute atomic E-state index is 12.0. The second kappa shape index (κ2) is 6.33. The van der Waals surface area contributed by atoms with Crippen LogP contribution in [0.3, 0.4) is 0 Å². The van der Waals surface area contributed by atoms with E-state index in [1.165, 1.54) is 25.7 Å². The number of carbonyl (C=O) groups is 1. The van der Waals surface area contributed by atoms with Crippen molar-refractivity contribution in [2.75, 3.05) is 0 Å². The molecule has 0 bridgehead atoms. The molecule has 3 saturated carbocycles. The highest BCUT2D eigenvalue weighted by molar-refractivity contribution is 5.91. The number of allylic oxidation sites excluding steroid dienone is 2. The Morgan fingerprint density at radius 3 is 2.73 bits per heavy atom.